The van der Waals surface area contributed by atoms with Crippen molar-refractivity contribution in [3.8, 4) is 0 Å². The molecule has 0 saturated carbocycles. The molecule has 1 N–H and O–H groups in total. The largest absolute Gasteiger partial charge is 0.369 e. The maximum absolute atomic E-state index is 12.4. The molecule has 1 atom stereocenters. The number of thiophene rings is 1. The third-order valence-corrected chi connectivity index (χ3v) is 6.18. The lowest BCUT2D eigenvalue weighted by Gasteiger charge is -2.39. The van der Waals surface area contributed by atoms with Gasteiger partial charge in [0.15, 0.2) is 0 Å². The number of aryl methyl sites for hydroxylation is 1. The van der Waals surface area contributed by atoms with Crippen LogP contribution in [0.25, 0.3) is 0 Å². The Hall–Kier alpha value is -1.56. The van der Waals surface area contributed by atoms with Crippen LogP contribution in [0.5, 0.6) is 0 Å². The minimum Gasteiger partial charge on any atom is -0.369 e. The van der Waals surface area contributed by atoms with E-state index in [1.54, 1.807) is 11.3 Å². The highest BCUT2D eigenvalue weighted by Gasteiger charge is 2.26. The number of nitrogens with zero attached hydrogens (tertiary/aromatic N) is 2. The first-order valence-corrected chi connectivity index (χ1v) is 10.4. The van der Waals surface area contributed by atoms with E-state index in [1.165, 1.54) is 16.1 Å². The third-order valence-electron chi connectivity index (χ3n) is 5.00. The molecule has 26 heavy (non-hydrogen) atoms. The highest BCUT2D eigenvalue weighted by molar-refractivity contribution is 7.09. The number of carbonyl (C=O) groups is 1. The topological polar surface area (TPSA) is 35.6 Å². The Labute approximate surface area is 164 Å². The summed E-state index contributed by atoms with van der Waals surface area (Å²) in [4.78, 5) is 18.4. The highest BCUT2D eigenvalue weighted by Crippen LogP contribution is 2.25. The van der Waals surface area contributed by atoms with Crippen LogP contribution in [0.2, 0.25) is 5.02 Å². The number of piperazine rings is 1. The van der Waals surface area contributed by atoms with E-state index in [-0.39, 0.29) is 11.9 Å². The molecule has 6 heteroatoms. The van der Waals surface area contributed by atoms with Crippen molar-refractivity contribution < 1.29 is 4.79 Å². The van der Waals surface area contributed by atoms with Gasteiger partial charge in [-0.1, -0.05) is 23.7 Å². The van der Waals surface area contributed by atoms with Crippen LogP contribution in [0.1, 0.15) is 17.4 Å². The van der Waals surface area contributed by atoms with E-state index in [1.807, 2.05) is 25.1 Å². The second-order valence-electron chi connectivity index (χ2n) is 6.75. The van der Waals surface area contributed by atoms with E-state index in [9.17, 15) is 4.79 Å². The van der Waals surface area contributed by atoms with E-state index in [2.05, 4.69) is 39.6 Å². The number of benzene rings is 1. The molecule has 4 nitrogen and oxygen atoms in total. The van der Waals surface area contributed by atoms with Crippen LogP contribution < -0.4 is 10.2 Å². The van der Waals surface area contributed by atoms with Gasteiger partial charge in [-0.25, -0.2) is 0 Å². The zero-order valence-electron chi connectivity index (χ0n) is 15.4. The summed E-state index contributed by atoms with van der Waals surface area (Å²) in [5, 5.41) is 5.91. The molecule has 1 amide bonds. The van der Waals surface area contributed by atoms with E-state index < -0.39 is 0 Å². The molecule has 1 aliphatic heterocycles. The number of hydrogen-bond acceptors (Lipinski definition) is 4. The normalized spacial score (nSPS) is 16.5. The van der Waals surface area contributed by atoms with Gasteiger partial charge in [0.2, 0.25) is 5.91 Å². The number of amides is 1. The van der Waals surface area contributed by atoms with Crippen LogP contribution in [0.3, 0.4) is 0 Å². The van der Waals surface area contributed by atoms with Crippen molar-refractivity contribution >= 4 is 34.5 Å². The third kappa shape index (κ3) is 4.78. The van der Waals surface area contributed by atoms with Crippen LogP contribution >= 0.6 is 22.9 Å². The average Bonchev–Trinajstić information content (AvgIpc) is 3.16. The van der Waals surface area contributed by atoms with E-state index >= 15 is 0 Å². The van der Waals surface area contributed by atoms with E-state index in [0.717, 1.165) is 37.6 Å². The molecule has 0 bridgehead atoms. The SMILES string of the molecule is Cc1ccc(Cl)cc1N1CCN([C@@H](C)C(=O)NCCc2cccs2)CC1. The minimum atomic E-state index is -0.0963. The van der Waals surface area contributed by atoms with Gasteiger partial charge in [0.25, 0.3) is 0 Å². The van der Waals surface area contributed by atoms with Gasteiger partial charge in [-0.05, 0) is 49.4 Å². The molecule has 0 radical (unpaired) electrons. The van der Waals surface area contributed by atoms with Crippen molar-refractivity contribution in [1.82, 2.24) is 10.2 Å². The number of anilines is 1. The summed E-state index contributed by atoms with van der Waals surface area (Å²) in [6, 6.07) is 10.1. The van der Waals surface area contributed by atoms with Gasteiger partial charge >= 0.3 is 0 Å². The van der Waals surface area contributed by atoms with Crippen molar-refractivity contribution in [2.45, 2.75) is 26.3 Å². The van der Waals surface area contributed by atoms with Crippen LogP contribution in [0, 0.1) is 6.92 Å². The highest BCUT2D eigenvalue weighted by atomic mass is 35.5. The Bertz CT molecular complexity index is 727. The molecule has 2 heterocycles. The minimum absolute atomic E-state index is 0.0963. The zero-order valence-corrected chi connectivity index (χ0v) is 16.9. The lowest BCUT2D eigenvalue weighted by atomic mass is 10.1. The maximum atomic E-state index is 12.4. The number of hydrogen-bond donors (Lipinski definition) is 1. The van der Waals surface area contributed by atoms with Crippen molar-refractivity contribution in [1.29, 1.82) is 0 Å². The fraction of sp³-hybridized carbons (Fsp3) is 0.450. The van der Waals surface area contributed by atoms with E-state index in [0.29, 0.717) is 6.54 Å². The molecule has 0 spiro atoms. The number of carbonyl (C=O) groups excluding carboxylic acids is 1. The number of rotatable bonds is 6. The smallest absolute Gasteiger partial charge is 0.237 e. The molecular weight excluding hydrogens is 366 g/mol. The number of nitrogens with one attached hydrogen (secondary N) is 1. The quantitative estimate of drug-likeness (QED) is 0.817. The molecule has 2 aromatic rings. The molecule has 1 aromatic carbocycles. The predicted octanol–water partition coefficient (Wildman–Crippen LogP) is 3.58. The van der Waals surface area contributed by atoms with Gasteiger partial charge < -0.3 is 10.2 Å². The Morgan fingerprint density at radius 2 is 2.04 bits per heavy atom. The average molecular weight is 392 g/mol. The maximum Gasteiger partial charge on any atom is 0.237 e. The lowest BCUT2D eigenvalue weighted by Crippen LogP contribution is -2.54. The van der Waals surface area contributed by atoms with Gasteiger partial charge in [0, 0.05) is 48.3 Å². The zero-order chi connectivity index (χ0) is 18.5. The Kier molecular flexibility index (Phi) is 6.57. The summed E-state index contributed by atoms with van der Waals surface area (Å²) < 4.78 is 0. The molecule has 1 aliphatic rings. The summed E-state index contributed by atoms with van der Waals surface area (Å²) in [6.45, 7) is 8.40. The van der Waals surface area contributed by atoms with Gasteiger partial charge in [-0.2, -0.15) is 0 Å². The first-order chi connectivity index (χ1) is 12.5. The Morgan fingerprint density at radius 3 is 2.73 bits per heavy atom. The van der Waals surface area contributed by atoms with Crippen LogP contribution in [0.15, 0.2) is 35.7 Å². The van der Waals surface area contributed by atoms with Gasteiger partial charge in [-0.15, -0.1) is 11.3 Å². The molecule has 3 rings (SSSR count). The second kappa shape index (κ2) is 8.89. The lowest BCUT2D eigenvalue weighted by molar-refractivity contribution is -0.125. The summed E-state index contributed by atoms with van der Waals surface area (Å²) in [5.41, 5.74) is 2.44. The molecule has 140 valence electrons. The molecule has 0 unspecified atom stereocenters. The predicted molar refractivity (Wildman–Crippen MR) is 110 cm³/mol. The fourth-order valence-electron chi connectivity index (χ4n) is 3.35. The van der Waals surface area contributed by atoms with Crippen molar-refractivity contribution in [3.05, 3.63) is 51.2 Å². The summed E-state index contributed by atoms with van der Waals surface area (Å²) in [7, 11) is 0. The fourth-order valence-corrected chi connectivity index (χ4v) is 4.23. The molecule has 0 aliphatic carbocycles. The van der Waals surface area contributed by atoms with Gasteiger partial charge in [0.05, 0.1) is 6.04 Å². The van der Waals surface area contributed by atoms with Gasteiger partial charge in [-0.3, -0.25) is 9.69 Å². The van der Waals surface area contributed by atoms with Crippen LogP contribution in [-0.4, -0.2) is 49.6 Å². The van der Waals surface area contributed by atoms with Crippen molar-refractivity contribution in [2.75, 3.05) is 37.6 Å². The van der Waals surface area contributed by atoms with E-state index in [4.69, 9.17) is 11.6 Å². The van der Waals surface area contributed by atoms with Gasteiger partial charge in [0.1, 0.15) is 0 Å². The van der Waals surface area contributed by atoms with Crippen molar-refractivity contribution in [3.63, 3.8) is 0 Å². The Balaban J connectivity index is 1.47. The molecule has 1 saturated heterocycles. The summed E-state index contributed by atoms with van der Waals surface area (Å²) >= 11 is 7.89. The second-order valence-corrected chi connectivity index (χ2v) is 8.22. The molecular formula is C20H26ClN3OS. The monoisotopic (exact) mass is 391 g/mol. The first-order valence-electron chi connectivity index (χ1n) is 9.10. The standard InChI is InChI=1S/C20H26ClN3OS/c1-15-5-6-17(21)14-19(15)24-11-9-23(10-12-24)16(2)20(25)22-8-7-18-4-3-13-26-18/h3-6,13-14,16H,7-12H2,1-2H3,(H,22,25)/t16-/m0/s1. The van der Waals surface area contributed by atoms with Crippen LogP contribution in [-0.2, 0) is 11.2 Å². The molecule has 1 fully saturated rings. The summed E-state index contributed by atoms with van der Waals surface area (Å²) in [5.74, 6) is 0.119. The first kappa shape index (κ1) is 19.2. The van der Waals surface area contributed by atoms with Crippen molar-refractivity contribution in [2.24, 2.45) is 0 Å². The molecule has 1 aromatic heterocycles. The number of halogens is 1. The van der Waals surface area contributed by atoms with Crippen LogP contribution in [0.4, 0.5) is 5.69 Å². The Morgan fingerprint density at radius 1 is 1.27 bits per heavy atom. The summed E-state index contributed by atoms with van der Waals surface area (Å²) in [6.07, 6.45) is 0.901.